The molecule has 0 radical (unpaired) electrons. The molecule has 1 aliphatic heterocycles. The molecule has 0 N–H and O–H groups in total. The third-order valence-electron chi connectivity index (χ3n) is 6.89. The first-order valence-electron chi connectivity index (χ1n) is 13.0. The second-order valence-corrected chi connectivity index (χ2v) is 10.1. The Labute approximate surface area is 237 Å². The number of alkyl halides is 3. The van der Waals surface area contributed by atoms with Crippen LogP contribution in [-0.4, -0.2) is 28.7 Å². The van der Waals surface area contributed by atoms with Gasteiger partial charge in [0.2, 0.25) is 11.2 Å². The van der Waals surface area contributed by atoms with Crippen LogP contribution in [0, 0.1) is 13.8 Å². The molecule has 0 bridgehead atoms. The van der Waals surface area contributed by atoms with Crippen LogP contribution in [0.5, 0.6) is 17.2 Å². The van der Waals surface area contributed by atoms with Gasteiger partial charge >= 0.3 is 12.1 Å². The van der Waals surface area contributed by atoms with Crippen molar-refractivity contribution >= 4 is 28.8 Å². The molecule has 11 heteroatoms. The van der Waals surface area contributed by atoms with Crippen molar-refractivity contribution in [2.24, 2.45) is 0 Å². The number of carbonyl (C=O) groups excluding carboxylic acids is 3. The van der Waals surface area contributed by atoms with E-state index in [2.05, 4.69) is 0 Å². The summed E-state index contributed by atoms with van der Waals surface area (Å²) in [4.78, 5) is 52.6. The molecule has 1 unspecified atom stereocenters. The number of esters is 1. The van der Waals surface area contributed by atoms with Crippen LogP contribution in [0.4, 0.5) is 13.2 Å². The first-order valence-corrected chi connectivity index (χ1v) is 13.0. The molecule has 0 spiro atoms. The molecule has 0 saturated heterocycles. The van der Waals surface area contributed by atoms with Gasteiger partial charge in [-0.25, -0.2) is 4.79 Å². The summed E-state index contributed by atoms with van der Waals surface area (Å²) < 4.78 is 57.7. The van der Waals surface area contributed by atoms with E-state index in [1.807, 2.05) is 6.92 Å². The van der Waals surface area contributed by atoms with Gasteiger partial charge in [0, 0.05) is 12.1 Å². The lowest BCUT2D eigenvalue weighted by atomic mass is 10.1. The van der Waals surface area contributed by atoms with E-state index in [1.54, 1.807) is 26.8 Å². The predicted octanol–water partition coefficient (Wildman–Crippen LogP) is 6.83. The Bertz CT molecular complexity index is 1820. The van der Waals surface area contributed by atoms with Crippen molar-refractivity contribution in [2.45, 2.75) is 46.3 Å². The number of rotatable bonds is 6. The summed E-state index contributed by atoms with van der Waals surface area (Å²) in [5, 5.41) is -0.228. The van der Waals surface area contributed by atoms with Crippen molar-refractivity contribution in [3.8, 4) is 17.2 Å². The fraction of sp³-hybridized carbons (Fsp3) is 0.226. The Balaban J connectivity index is 1.47. The number of aryl methyl sites for hydroxylation is 2. The lowest BCUT2D eigenvalue weighted by molar-refractivity contribution is -0.154. The quantitative estimate of drug-likeness (QED) is 0.140. The zero-order chi connectivity index (χ0) is 30.5. The number of amides is 2. The number of hydrogen-bond donors (Lipinski definition) is 0. The van der Waals surface area contributed by atoms with Gasteiger partial charge < -0.3 is 13.9 Å². The lowest BCUT2D eigenvalue weighted by Gasteiger charge is -2.20. The van der Waals surface area contributed by atoms with E-state index in [-0.39, 0.29) is 39.6 Å². The molecule has 0 saturated carbocycles. The number of fused-ring (bicyclic) bond motifs is 2. The van der Waals surface area contributed by atoms with Gasteiger partial charge in [-0.3, -0.25) is 19.3 Å². The van der Waals surface area contributed by atoms with Crippen LogP contribution in [0.25, 0.3) is 11.0 Å². The van der Waals surface area contributed by atoms with Crippen molar-refractivity contribution in [1.29, 1.82) is 0 Å². The smallest absolute Gasteiger partial charge is 0.449 e. The van der Waals surface area contributed by atoms with Crippen LogP contribution in [0.1, 0.15) is 68.2 Å². The topological polar surface area (TPSA) is 103 Å². The van der Waals surface area contributed by atoms with Crippen LogP contribution in [0.2, 0.25) is 0 Å². The zero-order valence-electron chi connectivity index (χ0n) is 22.9. The number of nitrogens with zero attached hydrogens (tertiary/aromatic N) is 1. The molecular formula is C31H24F3NO7. The van der Waals surface area contributed by atoms with E-state index in [4.69, 9.17) is 13.9 Å². The molecule has 1 aliphatic rings. The van der Waals surface area contributed by atoms with Crippen LogP contribution >= 0.6 is 0 Å². The maximum Gasteiger partial charge on any atom is 0.453 e. The van der Waals surface area contributed by atoms with Crippen LogP contribution in [-0.2, 0) is 6.18 Å². The molecular weight excluding hydrogens is 555 g/mol. The summed E-state index contributed by atoms with van der Waals surface area (Å²) in [7, 11) is 0. The zero-order valence-corrected chi connectivity index (χ0v) is 22.9. The van der Waals surface area contributed by atoms with E-state index in [0.717, 1.165) is 28.2 Å². The molecule has 2 amide bonds. The monoisotopic (exact) mass is 579 g/mol. The Hall–Kier alpha value is -4.93. The average Bonchev–Trinajstić information content (AvgIpc) is 3.17. The number of halogens is 3. The van der Waals surface area contributed by atoms with E-state index in [9.17, 15) is 32.3 Å². The molecule has 8 nitrogen and oxygen atoms in total. The minimum absolute atomic E-state index is 0.0389. The molecule has 5 rings (SSSR count). The van der Waals surface area contributed by atoms with Gasteiger partial charge in [0.05, 0.1) is 22.1 Å². The minimum atomic E-state index is -5.08. The van der Waals surface area contributed by atoms with Gasteiger partial charge in [-0.1, -0.05) is 13.0 Å². The molecule has 1 atom stereocenters. The van der Waals surface area contributed by atoms with Crippen LogP contribution < -0.4 is 14.9 Å². The highest BCUT2D eigenvalue weighted by atomic mass is 19.4. The Kier molecular flexibility index (Phi) is 7.13. The maximum atomic E-state index is 14.0. The van der Waals surface area contributed by atoms with Crippen molar-refractivity contribution in [3.63, 3.8) is 0 Å². The third kappa shape index (κ3) is 5.13. The summed E-state index contributed by atoms with van der Waals surface area (Å²) in [6, 6.07) is 11.7. The van der Waals surface area contributed by atoms with Gasteiger partial charge in [0.1, 0.15) is 17.1 Å². The van der Waals surface area contributed by atoms with E-state index in [0.29, 0.717) is 6.42 Å². The molecule has 0 fully saturated rings. The Morgan fingerprint density at radius 2 is 1.57 bits per heavy atom. The summed E-state index contributed by atoms with van der Waals surface area (Å²) >= 11 is 0. The standard InChI is InChI=1S/C31H24F3NO7/c1-5-17(4)35-28(37)21-8-6-18(13-23(21)29(35)38)30(39)41-19-7-9-22-24(14-19)42-27(31(32,33)34)26(25(22)36)40-20-11-15(2)10-16(3)12-20/h6-14,17H,5H2,1-4H3. The summed E-state index contributed by atoms with van der Waals surface area (Å²) in [6.07, 6.45) is -4.53. The second kappa shape index (κ2) is 10.5. The predicted molar refractivity (Wildman–Crippen MR) is 145 cm³/mol. The molecule has 2 heterocycles. The van der Waals surface area contributed by atoms with Crippen LogP contribution in [0.15, 0.2) is 63.8 Å². The summed E-state index contributed by atoms with van der Waals surface area (Å²) in [6.45, 7) is 7.03. The highest BCUT2D eigenvalue weighted by molar-refractivity contribution is 6.22. The molecule has 3 aromatic carbocycles. The molecule has 42 heavy (non-hydrogen) atoms. The highest BCUT2D eigenvalue weighted by Crippen LogP contribution is 2.39. The summed E-state index contributed by atoms with van der Waals surface area (Å²) in [5.74, 6) is -4.77. The van der Waals surface area contributed by atoms with Crippen molar-refractivity contribution in [2.75, 3.05) is 0 Å². The maximum absolute atomic E-state index is 14.0. The van der Waals surface area contributed by atoms with E-state index >= 15 is 0 Å². The Morgan fingerprint density at radius 3 is 2.21 bits per heavy atom. The highest BCUT2D eigenvalue weighted by Gasteiger charge is 2.41. The largest absolute Gasteiger partial charge is 0.453 e. The normalized spacial score (nSPS) is 13.8. The molecule has 216 valence electrons. The fourth-order valence-corrected chi connectivity index (χ4v) is 4.74. The number of imide groups is 1. The first kappa shape index (κ1) is 28.6. The fourth-order valence-electron chi connectivity index (χ4n) is 4.74. The molecule has 0 aliphatic carbocycles. The third-order valence-corrected chi connectivity index (χ3v) is 6.89. The minimum Gasteiger partial charge on any atom is -0.449 e. The van der Waals surface area contributed by atoms with Crippen molar-refractivity contribution in [1.82, 2.24) is 4.90 Å². The van der Waals surface area contributed by atoms with Gasteiger partial charge in [0.25, 0.3) is 17.6 Å². The second-order valence-electron chi connectivity index (χ2n) is 10.1. The molecule has 4 aromatic rings. The number of carbonyl (C=O) groups is 3. The van der Waals surface area contributed by atoms with E-state index < -0.39 is 46.5 Å². The Morgan fingerprint density at radius 1 is 0.905 bits per heavy atom. The van der Waals surface area contributed by atoms with Gasteiger partial charge in [-0.2, -0.15) is 13.2 Å². The van der Waals surface area contributed by atoms with Crippen LogP contribution in [0.3, 0.4) is 0 Å². The SMILES string of the molecule is CCC(C)N1C(=O)c2ccc(C(=O)Oc3ccc4c(=O)c(Oc5cc(C)cc(C)c5)c(C(F)(F)F)oc4c3)cc2C1=O. The van der Waals surface area contributed by atoms with Crippen molar-refractivity contribution in [3.05, 3.63) is 98.4 Å². The lowest BCUT2D eigenvalue weighted by Crippen LogP contribution is -2.37. The average molecular weight is 580 g/mol. The number of ether oxygens (including phenoxy) is 2. The first-order chi connectivity index (χ1) is 19.8. The van der Waals surface area contributed by atoms with Gasteiger partial charge in [-0.05, 0) is 80.8 Å². The van der Waals surface area contributed by atoms with Crippen molar-refractivity contribution < 1.29 is 41.4 Å². The molecule has 1 aromatic heterocycles. The van der Waals surface area contributed by atoms with Gasteiger partial charge in [-0.15, -0.1) is 0 Å². The summed E-state index contributed by atoms with van der Waals surface area (Å²) in [5.41, 5.74) is 0.0474. The van der Waals surface area contributed by atoms with Gasteiger partial charge in [0.15, 0.2) is 0 Å². The number of hydrogen-bond acceptors (Lipinski definition) is 7. The number of benzene rings is 3. The van der Waals surface area contributed by atoms with E-state index in [1.165, 1.54) is 36.4 Å².